The molecule has 0 saturated heterocycles. The number of aliphatic hydroxyl groups is 1. The van der Waals surface area contributed by atoms with Crippen LogP contribution in [0.3, 0.4) is 0 Å². The Balaban J connectivity index is 2.08. The van der Waals surface area contributed by atoms with Crippen molar-refractivity contribution in [2.24, 2.45) is 0 Å². The van der Waals surface area contributed by atoms with Gasteiger partial charge in [-0.25, -0.2) is 13.4 Å². The molecule has 0 amide bonds. The fraction of sp³-hybridized carbons (Fsp3) is 0.118. The quantitative estimate of drug-likeness (QED) is 0.479. The first-order valence-corrected chi connectivity index (χ1v) is 9.76. The summed E-state index contributed by atoms with van der Waals surface area (Å²) in [4.78, 5) is 4.05. The molecule has 0 saturated carbocycles. The standard InChI is InChI=1S/C17H19N3O3S2/c1-3-5-13(16(21)4-2)12-19-14-6-8-15(9-7-14)25(22,23)20-17-18-10-11-24-17/h3-11,19,21H,2,12H2,1H3,(H,18,20)/b5-3-,16-13-. The largest absolute Gasteiger partial charge is 0.508 e. The fourth-order valence-electron chi connectivity index (χ4n) is 1.96. The SMILES string of the molecule is C=C/C(O)=C(\C=C/C)CNc1ccc(S(=O)(=O)Nc2nccs2)cc1. The average Bonchev–Trinajstić information content (AvgIpc) is 3.10. The van der Waals surface area contributed by atoms with E-state index in [1.807, 2.05) is 13.0 Å². The molecule has 8 heteroatoms. The third-order valence-corrected chi connectivity index (χ3v) is 5.36. The maximum atomic E-state index is 12.3. The Labute approximate surface area is 151 Å². The Morgan fingerprint density at radius 3 is 2.64 bits per heavy atom. The van der Waals surface area contributed by atoms with Gasteiger partial charge in [0, 0.05) is 29.4 Å². The van der Waals surface area contributed by atoms with E-state index in [4.69, 9.17) is 0 Å². The van der Waals surface area contributed by atoms with Crippen molar-refractivity contribution >= 4 is 32.2 Å². The Bertz CT molecular complexity index is 868. The number of rotatable bonds is 8. The van der Waals surface area contributed by atoms with Crippen molar-refractivity contribution in [2.45, 2.75) is 11.8 Å². The zero-order valence-electron chi connectivity index (χ0n) is 13.6. The summed E-state index contributed by atoms with van der Waals surface area (Å²) in [6, 6.07) is 6.33. The lowest BCUT2D eigenvalue weighted by Gasteiger charge is -2.10. The lowest BCUT2D eigenvalue weighted by atomic mass is 10.2. The molecule has 0 fully saturated rings. The lowest BCUT2D eigenvalue weighted by molar-refractivity contribution is 0.427. The number of sulfonamides is 1. The number of hydrogen-bond acceptors (Lipinski definition) is 6. The molecule has 1 heterocycles. The molecule has 2 aromatic rings. The molecule has 0 aliphatic rings. The molecule has 0 aliphatic carbocycles. The highest BCUT2D eigenvalue weighted by molar-refractivity contribution is 7.93. The lowest BCUT2D eigenvalue weighted by Crippen LogP contribution is -2.13. The van der Waals surface area contributed by atoms with Crippen LogP contribution < -0.4 is 10.0 Å². The molecule has 0 bridgehead atoms. The summed E-state index contributed by atoms with van der Waals surface area (Å²) >= 11 is 1.21. The van der Waals surface area contributed by atoms with Crippen LogP contribution in [0, 0.1) is 0 Å². The molecule has 0 atom stereocenters. The summed E-state index contributed by atoms with van der Waals surface area (Å²) < 4.78 is 27.0. The van der Waals surface area contributed by atoms with Gasteiger partial charge >= 0.3 is 0 Å². The summed E-state index contributed by atoms with van der Waals surface area (Å²) in [5.74, 6) is 0.0949. The first-order chi connectivity index (χ1) is 12.0. The van der Waals surface area contributed by atoms with Crippen LogP contribution in [0.25, 0.3) is 0 Å². The molecule has 25 heavy (non-hydrogen) atoms. The predicted molar refractivity (Wildman–Crippen MR) is 103 cm³/mol. The summed E-state index contributed by atoms with van der Waals surface area (Å²) in [5, 5.41) is 14.9. The van der Waals surface area contributed by atoms with Crippen LogP contribution in [0.4, 0.5) is 10.8 Å². The number of hydrogen-bond donors (Lipinski definition) is 3. The third-order valence-electron chi connectivity index (χ3n) is 3.19. The Morgan fingerprint density at radius 1 is 1.36 bits per heavy atom. The van der Waals surface area contributed by atoms with Gasteiger partial charge in [-0.15, -0.1) is 11.3 Å². The molecule has 1 aromatic carbocycles. The van der Waals surface area contributed by atoms with Crippen molar-refractivity contribution in [3.63, 3.8) is 0 Å². The first kappa shape index (κ1) is 18.8. The van der Waals surface area contributed by atoms with Gasteiger partial charge in [-0.05, 0) is 37.3 Å². The maximum Gasteiger partial charge on any atom is 0.263 e. The number of allylic oxidation sites excluding steroid dienone is 2. The number of aromatic nitrogens is 1. The second-order valence-electron chi connectivity index (χ2n) is 4.94. The molecule has 0 radical (unpaired) electrons. The number of benzene rings is 1. The highest BCUT2D eigenvalue weighted by atomic mass is 32.2. The Morgan fingerprint density at radius 2 is 2.08 bits per heavy atom. The normalized spacial score (nSPS) is 12.7. The van der Waals surface area contributed by atoms with Crippen molar-refractivity contribution in [2.75, 3.05) is 16.6 Å². The van der Waals surface area contributed by atoms with Gasteiger partial charge in [0.2, 0.25) is 0 Å². The van der Waals surface area contributed by atoms with Gasteiger partial charge in [0.15, 0.2) is 5.13 Å². The number of thiazole rings is 1. The zero-order valence-corrected chi connectivity index (χ0v) is 15.3. The number of anilines is 2. The smallest absolute Gasteiger partial charge is 0.263 e. The predicted octanol–water partition coefficient (Wildman–Crippen LogP) is 3.93. The Hall–Kier alpha value is -2.58. The summed E-state index contributed by atoms with van der Waals surface area (Å²) in [6.07, 6.45) is 6.50. The highest BCUT2D eigenvalue weighted by Crippen LogP contribution is 2.20. The number of aliphatic hydroxyl groups excluding tert-OH is 1. The van der Waals surface area contributed by atoms with E-state index in [0.717, 1.165) is 5.69 Å². The summed E-state index contributed by atoms with van der Waals surface area (Å²) in [7, 11) is -3.66. The molecule has 0 spiro atoms. The molecule has 2 rings (SSSR count). The van der Waals surface area contributed by atoms with E-state index in [2.05, 4.69) is 21.6 Å². The minimum absolute atomic E-state index is 0.0949. The van der Waals surface area contributed by atoms with E-state index in [1.54, 1.807) is 23.6 Å². The molecule has 3 N–H and O–H groups in total. The third kappa shape index (κ3) is 5.20. The molecular weight excluding hydrogens is 358 g/mol. The average molecular weight is 377 g/mol. The second kappa shape index (κ2) is 8.50. The van der Waals surface area contributed by atoms with Crippen LogP contribution in [0.5, 0.6) is 0 Å². The maximum absolute atomic E-state index is 12.3. The molecule has 0 unspecified atom stereocenters. The minimum Gasteiger partial charge on any atom is -0.508 e. The monoisotopic (exact) mass is 377 g/mol. The van der Waals surface area contributed by atoms with Crippen LogP contribution in [-0.2, 0) is 10.0 Å². The summed E-state index contributed by atoms with van der Waals surface area (Å²) in [6.45, 7) is 5.77. The van der Waals surface area contributed by atoms with E-state index >= 15 is 0 Å². The molecule has 132 valence electrons. The molecule has 0 aliphatic heterocycles. The van der Waals surface area contributed by atoms with Crippen LogP contribution in [-0.4, -0.2) is 25.1 Å². The van der Waals surface area contributed by atoms with Crippen LogP contribution in [0.1, 0.15) is 6.92 Å². The Kier molecular flexibility index (Phi) is 6.37. The van der Waals surface area contributed by atoms with E-state index in [1.165, 1.54) is 35.7 Å². The van der Waals surface area contributed by atoms with Crippen molar-refractivity contribution in [3.05, 3.63) is 72.0 Å². The number of nitrogens with zero attached hydrogens (tertiary/aromatic N) is 1. The van der Waals surface area contributed by atoms with Gasteiger partial charge in [0.05, 0.1) is 4.90 Å². The van der Waals surface area contributed by atoms with Crippen molar-refractivity contribution in [3.8, 4) is 0 Å². The van der Waals surface area contributed by atoms with Gasteiger partial charge in [-0.2, -0.15) is 0 Å². The fourth-order valence-corrected chi connectivity index (χ4v) is 3.75. The van der Waals surface area contributed by atoms with Crippen molar-refractivity contribution in [1.82, 2.24) is 4.98 Å². The van der Waals surface area contributed by atoms with Crippen LogP contribution in [0.15, 0.2) is 76.9 Å². The van der Waals surface area contributed by atoms with E-state index in [9.17, 15) is 13.5 Å². The van der Waals surface area contributed by atoms with Gasteiger partial charge < -0.3 is 10.4 Å². The van der Waals surface area contributed by atoms with Gasteiger partial charge in [0.1, 0.15) is 5.76 Å². The second-order valence-corrected chi connectivity index (χ2v) is 7.51. The zero-order chi connectivity index (χ0) is 18.3. The molecule has 6 nitrogen and oxygen atoms in total. The van der Waals surface area contributed by atoms with E-state index in [-0.39, 0.29) is 10.7 Å². The van der Waals surface area contributed by atoms with Gasteiger partial charge in [-0.1, -0.05) is 18.7 Å². The first-order valence-electron chi connectivity index (χ1n) is 7.39. The molecular formula is C17H19N3O3S2. The highest BCUT2D eigenvalue weighted by Gasteiger charge is 2.15. The van der Waals surface area contributed by atoms with Gasteiger partial charge in [-0.3, -0.25) is 4.72 Å². The van der Waals surface area contributed by atoms with E-state index < -0.39 is 10.0 Å². The number of nitrogens with one attached hydrogen (secondary N) is 2. The molecule has 1 aromatic heterocycles. The topological polar surface area (TPSA) is 91.3 Å². The van der Waals surface area contributed by atoms with Crippen LogP contribution >= 0.6 is 11.3 Å². The van der Waals surface area contributed by atoms with Crippen LogP contribution in [0.2, 0.25) is 0 Å². The van der Waals surface area contributed by atoms with Crippen molar-refractivity contribution < 1.29 is 13.5 Å². The summed E-state index contributed by atoms with van der Waals surface area (Å²) in [5.41, 5.74) is 1.41. The van der Waals surface area contributed by atoms with E-state index in [0.29, 0.717) is 17.2 Å². The minimum atomic E-state index is -3.66. The van der Waals surface area contributed by atoms with Gasteiger partial charge in [0.25, 0.3) is 10.0 Å². The van der Waals surface area contributed by atoms with Crippen molar-refractivity contribution in [1.29, 1.82) is 0 Å².